The Morgan fingerprint density at radius 1 is 1.14 bits per heavy atom. The number of carbonyl (C=O) groups excluding carboxylic acids is 2. The normalized spacial score (nSPS) is 22.1. The zero-order chi connectivity index (χ0) is 25.3. The summed E-state index contributed by atoms with van der Waals surface area (Å²) in [7, 11) is 1.56. The minimum Gasteiger partial charge on any atom is -0.406 e. The lowest BCUT2D eigenvalue weighted by atomic mass is 9.99. The molecule has 4 rings (SSSR count). The second kappa shape index (κ2) is 9.90. The Bertz CT molecular complexity index is 1070. The number of amidine groups is 1. The number of benzene rings is 1. The van der Waals surface area contributed by atoms with Crippen LogP contribution in [0.25, 0.3) is 0 Å². The van der Waals surface area contributed by atoms with E-state index in [1.807, 2.05) is 13.8 Å². The first kappa shape index (κ1) is 25.1. The third-order valence-electron chi connectivity index (χ3n) is 6.09. The molecule has 0 radical (unpaired) electrons. The van der Waals surface area contributed by atoms with Crippen molar-refractivity contribution in [3.05, 3.63) is 42.0 Å². The number of alkyl halides is 3. The van der Waals surface area contributed by atoms with E-state index < -0.39 is 24.4 Å². The summed E-state index contributed by atoms with van der Waals surface area (Å²) in [6.45, 7) is 5.67. The number of aliphatic imine (C=N–C) groups is 1. The first-order valence-electron chi connectivity index (χ1n) is 11.5. The predicted octanol–water partition coefficient (Wildman–Crippen LogP) is 2.72. The molecule has 35 heavy (non-hydrogen) atoms. The van der Waals surface area contributed by atoms with Crippen molar-refractivity contribution in [2.45, 2.75) is 58.0 Å². The molecule has 0 aliphatic carbocycles. The number of rotatable bonds is 6. The lowest BCUT2D eigenvalue weighted by Crippen LogP contribution is -2.60. The summed E-state index contributed by atoms with van der Waals surface area (Å²) in [6, 6.07) is 5.61. The average molecular weight is 494 g/mol. The Hall–Kier alpha value is -3.05. The van der Waals surface area contributed by atoms with E-state index in [4.69, 9.17) is 4.74 Å². The third-order valence-corrected chi connectivity index (χ3v) is 6.09. The number of likely N-dealkylation sites (N-methyl/N-ethyl adjacent to an activating group) is 1. The number of nitrogens with zero attached hydrogens (tertiary/aromatic N) is 4. The number of halogens is 3. The van der Waals surface area contributed by atoms with Gasteiger partial charge in [-0.05, 0) is 50.5 Å². The standard InChI is InChI=1S/C24H28F3N4O4/c1-15(2)34-20-9-8-19-21(28-20)31(23(33)22(32)29(19)3)17-10-12-30(13-11-17)14-16-4-6-18(7-5-16)35-24(25,26)27/h4-9,15,17,20H,10-14H2,1-3H3/q+1. The number of ether oxygens (including phenoxy) is 2. The second-order valence-electron chi connectivity index (χ2n) is 9.01. The van der Waals surface area contributed by atoms with Crippen LogP contribution in [-0.4, -0.2) is 82.6 Å². The highest BCUT2D eigenvalue weighted by molar-refractivity contribution is 6.54. The fourth-order valence-electron chi connectivity index (χ4n) is 4.46. The van der Waals surface area contributed by atoms with Crippen LogP contribution in [0.5, 0.6) is 5.75 Å². The molecule has 3 aliphatic heterocycles. The number of dihydropyridines is 1. The van der Waals surface area contributed by atoms with Crippen LogP contribution in [0.4, 0.5) is 13.2 Å². The zero-order valence-electron chi connectivity index (χ0n) is 19.8. The molecule has 1 fully saturated rings. The Morgan fingerprint density at radius 3 is 2.40 bits per heavy atom. The fourth-order valence-corrected chi connectivity index (χ4v) is 4.46. The van der Waals surface area contributed by atoms with Crippen LogP contribution in [0.3, 0.4) is 0 Å². The van der Waals surface area contributed by atoms with E-state index in [-0.39, 0.29) is 17.9 Å². The lowest BCUT2D eigenvalue weighted by Gasteiger charge is -2.39. The van der Waals surface area contributed by atoms with Gasteiger partial charge in [-0.2, -0.15) is 4.58 Å². The molecule has 0 aromatic heterocycles. The average Bonchev–Trinajstić information content (AvgIpc) is 2.79. The Balaban J connectivity index is 1.43. The van der Waals surface area contributed by atoms with Crippen molar-refractivity contribution < 1.29 is 36.8 Å². The highest BCUT2D eigenvalue weighted by atomic mass is 19.4. The number of amides is 2. The van der Waals surface area contributed by atoms with E-state index in [9.17, 15) is 22.8 Å². The molecule has 0 spiro atoms. The van der Waals surface area contributed by atoms with Gasteiger partial charge in [0.2, 0.25) is 5.84 Å². The molecule has 3 heterocycles. The maximum absolute atomic E-state index is 13.0. The molecule has 11 heteroatoms. The maximum Gasteiger partial charge on any atom is 0.573 e. The number of fused-ring (bicyclic) bond motifs is 1. The fraction of sp³-hybridized carbons (Fsp3) is 0.500. The first-order valence-corrected chi connectivity index (χ1v) is 11.5. The largest absolute Gasteiger partial charge is 0.573 e. The highest BCUT2D eigenvalue weighted by Crippen LogP contribution is 2.26. The van der Waals surface area contributed by atoms with Gasteiger partial charge >= 0.3 is 18.2 Å². The van der Waals surface area contributed by atoms with Crippen LogP contribution in [0.1, 0.15) is 32.3 Å². The van der Waals surface area contributed by atoms with Crippen molar-refractivity contribution in [1.29, 1.82) is 0 Å². The molecule has 1 saturated heterocycles. The predicted molar refractivity (Wildman–Crippen MR) is 121 cm³/mol. The van der Waals surface area contributed by atoms with E-state index in [0.717, 1.165) is 5.56 Å². The highest BCUT2D eigenvalue weighted by Gasteiger charge is 2.47. The molecule has 8 nitrogen and oxygen atoms in total. The molecule has 2 amide bonds. The zero-order valence-corrected chi connectivity index (χ0v) is 19.8. The van der Waals surface area contributed by atoms with Crippen molar-refractivity contribution in [1.82, 2.24) is 9.80 Å². The lowest BCUT2D eigenvalue weighted by molar-refractivity contribution is -0.413. The topological polar surface area (TPSA) is 74.5 Å². The summed E-state index contributed by atoms with van der Waals surface area (Å²) in [5, 5.41) is 0. The maximum atomic E-state index is 13.0. The van der Waals surface area contributed by atoms with Crippen LogP contribution in [0, 0.1) is 0 Å². The van der Waals surface area contributed by atoms with E-state index in [0.29, 0.717) is 44.0 Å². The van der Waals surface area contributed by atoms with Crippen molar-refractivity contribution in [3.63, 3.8) is 0 Å². The molecule has 1 aromatic carbocycles. The van der Waals surface area contributed by atoms with Gasteiger partial charge in [0.1, 0.15) is 12.8 Å². The van der Waals surface area contributed by atoms with Crippen molar-refractivity contribution in [3.8, 4) is 5.75 Å². The molecular weight excluding hydrogens is 465 g/mol. The molecule has 1 atom stereocenters. The SMILES string of the molecule is CC(C)OC1C=CC2=[N+](C)C(=O)C(=O)N(C3CCN(Cc4ccc(OC(F)(F)F)cc4)CC3)C2=N1. The van der Waals surface area contributed by atoms with Gasteiger partial charge < -0.3 is 9.47 Å². The summed E-state index contributed by atoms with van der Waals surface area (Å²) in [4.78, 5) is 33.9. The van der Waals surface area contributed by atoms with Gasteiger partial charge in [0.25, 0.3) is 5.71 Å². The summed E-state index contributed by atoms with van der Waals surface area (Å²) in [6.07, 6.45) is -0.511. The first-order chi connectivity index (χ1) is 16.5. The summed E-state index contributed by atoms with van der Waals surface area (Å²) >= 11 is 0. The summed E-state index contributed by atoms with van der Waals surface area (Å²) in [5.74, 6) is -1.01. The Labute approximate surface area is 201 Å². The van der Waals surface area contributed by atoms with E-state index in [1.165, 1.54) is 21.6 Å². The van der Waals surface area contributed by atoms with Crippen LogP contribution in [-0.2, 0) is 20.9 Å². The number of piperidine rings is 1. The minimum absolute atomic E-state index is 0.0556. The van der Waals surface area contributed by atoms with Gasteiger partial charge in [-0.1, -0.05) is 12.1 Å². The number of hydrogen-bond donors (Lipinski definition) is 0. The van der Waals surface area contributed by atoms with Gasteiger partial charge in [-0.3, -0.25) is 14.6 Å². The van der Waals surface area contributed by atoms with Crippen LogP contribution >= 0.6 is 0 Å². The van der Waals surface area contributed by atoms with Crippen molar-refractivity contribution >= 4 is 23.4 Å². The second-order valence-corrected chi connectivity index (χ2v) is 9.01. The van der Waals surface area contributed by atoms with Gasteiger partial charge in [0.05, 0.1) is 6.10 Å². The Kier molecular flexibility index (Phi) is 7.09. The van der Waals surface area contributed by atoms with E-state index in [1.54, 1.807) is 31.3 Å². The molecule has 3 aliphatic rings. The quantitative estimate of drug-likeness (QED) is 0.450. The smallest absolute Gasteiger partial charge is 0.406 e. The molecule has 0 N–H and O–H groups in total. The molecular formula is C24H28F3N4O4+. The van der Waals surface area contributed by atoms with Crippen LogP contribution < -0.4 is 4.74 Å². The van der Waals surface area contributed by atoms with E-state index in [2.05, 4.69) is 14.6 Å². The van der Waals surface area contributed by atoms with Crippen molar-refractivity contribution in [2.75, 3.05) is 20.1 Å². The molecule has 0 bridgehead atoms. The summed E-state index contributed by atoms with van der Waals surface area (Å²) < 4.78 is 48.1. The Morgan fingerprint density at radius 2 is 1.80 bits per heavy atom. The number of carbonyl (C=O) groups is 2. The van der Waals surface area contributed by atoms with Gasteiger partial charge in [-0.25, -0.2) is 9.79 Å². The monoisotopic (exact) mass is 493 g/mol. The third kappa shape index (κ3) is 5.79. The number of likely N-dealkylation sites (tertiary alicyclic amines) is 1. The number of hydrogen-bond acceptors (Lipinski definition) is 6. The molecule has 1 aromatic rings. The van der Waals surface area contributed by atoms with Crippen LogP contribution in [0.2, 0.25) is 0 Å². The molecule has 1 unspecified atom stereocenters. The summed E-state index contributed by atoms with van der Waals surface area (Å²) in [5.41, 5.74) is 1.43. The molecule has 188 valence electrons. The minimum atomic E-state index is -4.72. The van der Waals surface area contributed by atoms with Crippen LogP contribution in [0.15, 0.2) is 41.4 Å². The van der Waals surface area contributed by atoms with Crippen molar-refractivity contribution in [2.24, 2.45) is 4.99 Å². The van der Waals surface area contributed by atoms with Gasteiger partial charge in [0, 0.05) is 31.8 Å². The van der Waals surface area contributed by atoms with Gasteiger partial charge in [-0.15, -0.1) is 13.2 Å². The van der Waals surface area contributed by atoms with Gasteiger partial charge in [0.15, 0.2) is 6.23 Å². The molecule has 0 saturated carbocycles. The van der Waals surface area contributed by atoms with E-state index >= 15 is 0 Å².